The number of ether oxygens (including phenoxy) is 2. The van der Waals surface area contributed by atoms with E-state index in [0.29, 0.717) is 18.4 Å². The largest absolute Gasteiger partial charge is 0.434 e. The van der Waals surface area contributed by atoms with E-state index in [1.165, 1.54) is 4.31 Å². The Morgan fingerprint density at radius 2 is 1.92 bits per heavy atom. The van der Waals surface area contributed by atoms with Crippen molar-refractivity contribution in [1.29, 1.82) is 0 Å². The Hall–Kier alpha value is -2.93. The van der Waals surface area contributed by atoms with E-state index in [9.17, 15) is 13.2 Å². The molecule has 0 spiro atoms. The predicted octanol–water partition coefficient (Wildman–Crippen LogP) is 3.20. The van der Waals surface area contributed by atoms with Crippen molar-refractivity contribution in [2.24, 2.45) is 0 Å². The van der Waals surface area contributed by atoms with Crippen LogP contribution in [0.5, 0.6) is 0 Å². The van der Waals surface area contributed by atoms with Gasteiger partial charge in [0, 0.05) is 23.7 Å². The van der Waals surface area contributed by atoms with Crippen LogP contribution in [0.25, 0.3) is 0 Å². The van der Waals surface area contributed by atoms with Crippen LogP contribution in [0.1, 0.15) is 53.7 Å². The van der Waals surface area contributed by atoms with Gasteiger partial charge in [0.15, 0.2) is 6.10 Å². The monoisotopic (exact) mass is 521 g/mol. The van der Waals surface area contributed by atoms with Crippen LogP contribution in [0, 0.1) is 11.6 Å². The van der Waals surface area contributed by atoms with Crippen molar-refractivity contribution >= 4 is 10.0 Å². The summed E-state index contributed by atoms with van der Waals surface area (Å²) in [5.41, 5.74) is 0.321. The first kappa shape index (κ1) is 24.8. The van der Waals surface area contributed by atoms with Gasteiger partial charge in [-0.3, -0.25) is 0 Å². The molecular weight excluding hydrogens is 496 g/mol. The minimum Gasteiger partial charge on any atom is -0.389 e. The molecular formula is C24H25F2N3O6S. The summed E-state index contributed by atoms with van der Waals surface area (Å²) in [6.45, 7) is 1.93. The summed E-state index contributed by atoms with van der Waals surface area (Å²) >= 11 is 0. The number of nitrogens with one attached hydrogen (secondary N) is 1. The maximum absolute atomic E-state index is 15.3. The van der Waals surface area contributed by atoms with Gasteiger partial charge in [0.25, 0.3) is 5.89 Å². The lowest BCUT2D eigenvalue weighted by atomic mass is 10.0. The molecule has 5 rings (SSSR count). The van der Waals surface area contributed by atoms with Gasteiger partial charge in [0.05, 0.1) is 13.2 Å². The fourth-order valence-electron chi connectivity index (χ4n) is 4.55. The number of nitrogens with zero attached hydrogens (tertiary/aromatic N) is 2. The summed E-state index contributed by atoms with van der Waals surface area (Å²) in [7, 11) is -3.83. The van der Waals surface area contributed by atoms with Crippen LogP contribution in [0.2, 0.25) is 0 Å². The maximum atomic E-state index is 15.3. The third-order valence-electron chi connectivity index (χ3n) is 6.59. The van der Waals surface area contributed by atoms with Gasteiger partial charge in [-0.2, -0.15) is 4.31 Å². The van der Waals surface area contributed by atoms with Gasteiger partial charge >= 0.3 is 5.76 Å². The summed E-state index contributed by atoms with van der Waals surface area (Å²) in [6, 6.07) is 10.4. The molecule has 36 heavy (non-hydrogen) atoms. The van der Waals surface area contributed by atoms with Crippen molar-refractivity contribution in [3.63, 3.8) is 0 Å². The van der Waals surface area contributed by atoms with Crippen LogP contribution in [0.15, 0.2) is 51.7 Å². The Kier molecular flexibility index (Phi) is 6.77. The first-order valence-electron chi connectivity index (χ1n) is 11.6. The summed E-state index contributed by atoms with van der Waals surface area (Å²) in [5, 5.41) is 5.04. The zero-order valence-corrected chi connectivity index (χ0v) is 20.2. The average molecular weight is 522 g/mol. The molecule has 2 fully saturated rings. The fourth-order valence-corrected chi connectivity index (χ4v) is 6.74. The Morgan fingerprint density at radius 1 is 1.17 bits per heavy atom. The van der Waals surface area contributed by atoms with E-state index < -0.39 is 44.9 Å². The second kappa shape index (κ2) is 9.85. The molecule has 0 amide bonds. The van der Waals surface area contributed by atoms with E-state index in [4.69, 9.17) is 13.9 Å². The van der Waals surface area contributed by atoms with Crippen molar-refractivity contribution in [3.05, 3.63) is 87.2 Å². The quantitative estimate of drug-likeness (QED) is 0.508. The molecule has 3 atom stereocenters. The van der Waals surface area contributed by atoms with E-state index in [0.717, 1.165) is 12.1 Å². The Balaban J connectivity index is 1.45. The second-order valence-corrected chi connectivity index (χ2v) is 11.1. The van der Waals surface area contributed by atoms with E-state index in [1.54, 1.807) is 31.2 Å². The summed E-state index contributed by atoms with van der Waals surface area (Å²) < 4.78 is 74.6. The SMILES string of the molecule is C[C@H]1CC[C@H](c2ccccc2)S(=O)(=O)N1Cc1cc(F)c([C@H](OC2COC2)c2n[nH]c(=O)o2)cc1F. The lowest BCUT2D eigenvalue weighted by Crippen LogP contribution is -2.44. The highest BCUT2D eigenvalue weighted by Crippen LogP contribution is 2.39. The summed E-state index contributed by atoms with van der Waals surface area (Å²) in [5.74, 6) is -2.77. The number of hydrogen-bond donors (Lipinski definition) is 1. The Morgan fingerprint density at radius 3 is 2.56 bits per heavy atom. The number of hydrogen-bond acceptors (Lipinski definition) is 7. The first-order chi connectivity index (χ1) is 17.2. The smallest absolute Gasteiger partial charge is 0.389 e. The van der Waals surface area contributed by atoms with Gasteiger partial charge in [-0.15, -0.1) is 5.10 Å². The van der Waals surface area contributed by atoms with Crippen molar-refractivity contribution in [3.8, 4) is 0 Å². The Bertz CT molecular complexity index is 1390. The van der Waals surface area contributed by atoms with Gasteiger partial charge in [-0.1, -0.05) is 30.3 Å². The van der Waals surface area contributed by atoms with Gasteiger partial charge in [0.1, 0.15) is 23.0 Å². The molecule has 1 aromatic heterocycles. The molecule has 0 bridgehead atoms. The van der Waals surface area contributed by atoms with Gasteiger partial charge in [0.2, 0.25) is 10.0 Å². The van der Waals surface area contributed by atoms with E-state index in [1.807, 2.05) is 6.07 Å². The molecule has 2 aliphatic heterocycles. The lowest BCUT2D eigenvalue weighted by molar-refractivity contribution is -0.152. The average Bonchev–Trinajstić information content (AvgIpc) is 3.24. The minimum absolute atomic E-state index is 0.116. The molecule has 1 N–H and O–H groups in total. The minimum atomic E-state index is -3.83. The first-order valence-corrected chi connectivity index (χ1v) is 13.1. The van der Waals surface area contributed by atoms with E-state index in [-0.39, 0.29) is 42.8 Å². The van der Waals surface area contributed by atoms with Gasteiger partial charge in [-0.25, -0.2) is 27.1 Å². The molecule has 192 valence electrons. The van der Waals surface area contributed by atoms with Crippen LogP contribution in [-0.4, -0.2) is 48.3 Å². The van der Waals surface area contributed by atoms with Crippen molar-refractivity contribution in [1.82, 2.24) is 14.5 Å². The lowest BCUT2D eigenvalue weighted by Gasteiger charge is -2.37. The molecule has 0 unspecified atom stereocenters. The van der Waals surface area contributed by atoms with Gasteiger partial charge < -0.3 is 13.9 Å². The molecule has 2 aliphatic rings. The van der Waals surface area contributed by atoms with Crippen LogP contribution >= 0.6 is 0 Å². The molecule has 3 heterocycles. The number of halogens is 2. The highest BCUT2D eigenvalue weighted by molar-refractivity contribution is 7.89. The highest BCUT2D eigenvalue weighted by atomic mass is 32.2. The Labute approximate surface area is 206 Å². The van der Waals surface area contributed by atoms with Gasteiger partial charge in [-0.05, 0) is 37.5 Å². The summed E-state index contributed by atoms with van der Waals surface area (Å²) in [6.07, 6.45) is -0.674. The van der Waals surface area contributed by atoms with Crippen molar-refractivity contribution < 1.29 is 31.1 Å². The normalized spacial score (nSPS) is 23.3. The predicted molar refractivity (Wildman–Crippen MR) is 123 cm³/mol. The zero-order chi connectivity index (χ0) is 25.4. The van der Waals surface area contributed by atoms with Crippen LogP contribution in [-0.2, 0) is 26.0 Å². The maximum Gasteiger partial charge on any atom is 0.434 e. The number of benzene rings is 2. The van der Waals surface area contributed by atoms with E-state index >= 15 is 8.78 Å². The number of aromatic nitrogens is 2. The van der Waals surface area contributed by atoms with E-state index in [2.05, 4.69) is 10.2 Å². The standard InChI is InChI=1S/C24H25F2N3O6S/c1-14-7-8-21(15-5-3-2-4-6-15)36(31,32)29(14)11-16-9-20(26)18(10-19(16)25)22(34-17-12-33-13-17)23-27-28-24(30)35-23/h2-6,9-10,14,17,21-22H,7-8,11-13H2,1H3,(H,28,30)/t14-,21+,22-/m0/s1. The number of sulfonamides is 1. The molecule has 12 heteroatoms. The number of H-pyrrole nitrogens is 1. The van der Waals surface area contributed by atoms with Crippen molar-refractivity contribution in [2.75, 3.05) is 13.2 Å². The molecule has 0 aliphatic carbocycles. The fraction of sp³-hybridized carbons (Fsp3) is 0.417. The van der Waals surface area contributed by atoms with Crippen LogP contribution in [0.3, 0.4) is 0 Å². The highest BCUT2D eigenvalue weighted by Gasteiger charge is 2.41. The molecule has 2 aromatic carbocycles. The topological polar surface area (TPSA) is 115 Å². The number of rotatable bonds is 7. The third-order valence-corrected chi connectivity index (χ3v) is 8.96. The molecule has 9 nitrogen and oxygen atoms in total. The second-order valence-electron chi connectivity index (χ2n) is 9.01. The molecule has 2 saturated heterocycles. The molecule has 0 saturated carbocycles. The molecule has 0 radical (unpaired) electrons. The zero-order valence-electron chi connectivity index (χ0n) is 19.4. The summed E-state index contributed by atoms with van der Waals surface area (Å²) in [4.78, 5) is 11.4. The van der Waals surface area contributed by atoms with Crippen LogP contribution in [0.4, 0.5) is 8.78 Å². The molecule has 3 aromatic rings. The van der Waals surface area contributed by atoms with Crippen LogP contribution < -0.4 is 5.76 Å². The van der Waals surface area contributed by atoms with Crippen molar-refractivity contribution in [2.45, 2.75) is 49.8 Å². The third kappa shape index (κ3) is 4.73. The number of aromatic amines is 1.